The molecule has 3 rings (SSSR count). The number of carboxylic acid groups (broad SMARTS) is 1. The first-order chi connectivity index (χ1) is 12.6. The molecule has 1 aromatic carbocycles. The van der Waals surface area contributed by atoms with E-state index < -0.39 is 12.0 Å². The Morgan fingerprint density at radius 3 is 2.08 bits per heavy atom. The van der Waals surface area contributed by atoms with Crippen LogP contribution in [0.2, 0.25) is 0 Å². The number of benzene rings is 1. The molecule has 0 aliphatic heterocycles. The van der Waals surface area contributed by atoms with Gasteiger partial charge in [0.25, 0.3) is 0 Å². The van der Waals surface area contributed by atoms with Crippen molar-refractivity contribution < 1.29 is 14.7 Å². The summed E-state index contributed by atoms with van der Waals surface area (Å²) >= 11 is 0. The number of hydrogen-bond acceptors (Lipinski definition) is 3. The summed E-state index contributed by atoms with van der Waals surface area (Å²) in [4.78, 5) is 24.2. The van der Waals surface area contributed by atoms with Crippen molar-refractivity contribution >= 4 is 11.8 Å². The molecule has 0 amide bonds. The summed E-state index contributed by atoms with van der Waals surface area (Å²) in [6.07, 6.45) is 11.9. The van der Waals surface area contributed by atoms with Crippen molar-refractivity contribution in [2.45, 2.75) is 88.6 Å². The highest BCUT2D eigenvalue weighted by atomic mass is 16.4. The summed E-state index contributed by atoms with van der Waals surface area (Å²) in [6.45, 7) is 0. The van der Waals surface area contributed by atoms with Crippen LogP contribution in [0.3, 0.4) is 0 Å². The number of carbonyl (C=O) groups is 2. The van der Waals surface area contributed by atoms with Crippen LogP contribution in [0.5, 0.6) is 0 Å². The number of Topliss-reactive ketones (excluding diaryl/α,β-unsaturated/α-hetero) is 1. The highest BCUT2D eigenvalue weighted by Gasteiger charge is 2.26. The van der Waals surface area contributed by atoms with Gasteiger partial charge in [0.05, 0.1) is 0 Å². The van der Waals surface area contributed by atoms with Crippen LogP contribution in [-0.4, -0.2) is 28.9 Å². The number of carbonyl (C=O) groups excluding carboxylic acids is 1. The lowest BCUT2D eigenvalue weighted by Gasteiger charge is -2.26. The first kappa shape index (κ1) is 19.1. The van der Waals surface area contributed by atoms with Crippen molar-refractivity contribution in [2.24, 2.45) is 0 Å². The van der Waals surface area contributed by atoms with E-state index in [0.717, 1.165) is 25.7 Å². The summed E-state index contributed by atoms with van der Waals surface area (Å²) in [7, 11) is 0. The first-order valence-electron chi connectivity index (χ1n) is 10.3. The fraction of sp³-hybridized carbons (Fsp3) is 0.636. The summed E-state index contributed by atoms with van der Waals surface area (Å²) < 4.78 is 0. The van der Waals surface area contributed by atoms with Gasteiger partial charge in [-0.2, -0.15) is 0 Å². The summed E-state index contributed by atoms with van der Waals surface area (Å²) in [5, 5.41) is 12.7. The van der Waals surface area contributed by atoms with E-state index in [4.69, 9.17) is 0 Å². The molecule has 0 spiro atoms. The zero-order valence-corrected chi connectivity index (χ0v) is 15.6. The van der Waals surface area contributed by atoms with Crippen molar-refractivity contribution in [3.8, 4) is 0 Å². The standard InChI is InChI=1S/C22H31NO3/c24-21(15-20(22(25)26)23-19-9-5-2-6-10-19)18-13-11-17(12-14-18)16-7-3-1-4-8-16/h11-14,16,19-20,23H,1-10,15H2,(H,25,26). The SMILES string of the molecule is O=C(CC(NC1CCCCC1)C(=O)O)c1ccc(C2CCCCC2)cc1. The van der Waals surface area contributed by atoms with Crippen LogP contribution >= 0.6 is 0 Å². The Bertz CT molecular complexity index is 598. The van der Waals surface area contributed by atoms with Crippen molar-refractivity contribution in [3.63, 3.8) is 0 Å². The maximum Gasteiger partial charge on any atom is 0.321 e. The van der Waals surface area contributed by atoms with E-state index in [9.17, 15) is 14.7 Å². The highest BCUT2D eigenvalue weighted by Crippen LogP contribution is 2.32. The fourth-order valence-corrected chi connectivity index (χ4v) is 4.45. The molecule has 0 saturated heterocycles. The Hall–Kier alpha value is -1.68. The van der Waals surface area contributed by atoms with Gasteiger partial charge < -0.3 is 10.4 Å². The lowest BCUT2D eigenvalue weighted by molar-refractivity contribution is -0.139. The molecule has 0 heterocycles. The van der Waals surface area contributed by atoms with E-state index in [1.807, 2.05) is 12.1 Å². The Morgan fingerprint density at radius 1 is 0.923 bits per heavy atom. The molecule has 1 aromatic rings. The smallest absolute Gasteiger partial charge is 0.321 e. The predicted molar refractivity (Wildman–Crippen MR) is 103 cm³/mol. The minimum atomic E-state index is -0.928. The molecule has 0 aromatic heterocycles. The molecule has 2 N–H and O–H groups in total. The maximum atomic E-state index is 12.6. The normalized spacial score (nSPS) is 20.6. The maximum absolute atomic E-state index is 12.6. The average Bonchev–Trinajstić information content (AvgIpc) is 2.69. The largest absolute Gasteiger partial charge is 0.480 e. The minimum Gasteiger partial charge on any atom is -0.480 e. The van der Waals surface area contributed by atoms with Crippen LogP contribution in [0, 0.1) is 0 Å². The third kappa shape index (κ3) is 5.16. The second kappa shape index (κ2) is 9.31. The number of ketones is 1. The van der Waals surface area contributed by atoms with E-state index in [1.165, 1.54) is 44.1 Å². The molecule has 4 heteroatoms. The summed E-state index contributed by atoms with van der Waals surface area (Å²) in [5.74, 6) is -0.397. The lowest BCUT2D eigenvalue weighted by atomic mass is 9.84. The zero-order chi connectivity index (χ0) is 18.4. The van der Waals surface area contributed by atoms with Gasteiger partial charge in [-0.25, -0.2) is 0 Å². The quantitative estimate of drug-likeness (QED) is 0.695. The molecule has 0 bridgehead atoms. The van der Waals surface area contributed by atoms with Crippen LogP contribution in [0.25, 0.3) is 0 Å². The van der Waals surface area contributed by atoms with Gasteiger partial charge in [-0.15, -0.1) is 0 Å². The number of aliphatic carboxylic acids is 1. The molecular weight excluding hydrogens is 326 g/mol. The monoisotopic (exact) mass is 357 g/mol. The third-order valence-corrected chi connectivity index (χ3v) is 6.04. The second-order valence-corrected chi connectivity index (χ2v) is 7.98. The molecule has 4 nitrogen and oxygen atoms in total. The van der Waals surface area contributed by atoms with Crippen LogP contribution in [0.15, 0.2) is 24.3 Å². The van der Waals surface area contributed by atoms with Gasteiger partial charge in [0.15, 0.2) is 5.78 Å². The average molecular weight is 357 g/mol. The molecule has 2 aliphatic carbocycles. The Kier molecular flexibility index (Phi) is 6.84. The van der Waals surface area contributed by atoms with Gasteiger partial charge in [0.1, 0.15) is 6.04 Å². The van der Waals surface area contributed by atoms with Crippen molar-refractivity contribution in [3.05, 3.63) is 35.4 Å². The molecule has 0 radical (unpaired) electrons. The zero-order valence-electron chi connectivity index (χ0n) is 15.6. The van der Waals surface area contributed by atoms with Crippen molar-refractivity contribution in [2.75, 3.05) is 0 Å². The first-order valence-corrected chi connectivity index (χ1v) is 10.3. The van der Waals surface area contributed by atoms with Crippen LogP contribution < -0.4 is 5.32 Å². The lowest BCUT2D eigenvalue weighted by Crippen LogP contribution is -2.45. The Balaban J connectivity index is 1.58. The molecule has 2 saturated carbocycles. The Morgan fingerprint density at radius 2 is 1.50 bits per heavy atom. The minimum absolute atomic E-state index is 0.0224. The fourth-order valence-electron chi connectivity index (χ4n) is 4.45. The van der Waals surface area contributed by atoms with Gasteiger partial charge in [-0.05, 0) is 37.2 Å². The van der Waals surface area contributed by atoms with Gasteiger partial charge >= 0.3 is 5.97 Å². The molecule has 26 heavy (non-hydrogen) atoms. The van der Waals surface area contributed by atoms with Gasteiger partial charge in [0, 0.05) is 18.0 Å². The van der Waals surface area contributed by atoms with Crippen LogP contribution in [-0.2, 0) is 4.79 Å². The molecule has 2 fully saturated rings. The number of rotatable bonds is 7. The Labute approximate surface area is 156 Å². The molecule has 142 valence electrons. The summed E-state index contributed by atoms with van der Waals surface area (Å²) in [6, 6.07) is 7.33. The molecule has 2 aliphatic rings. The van der Waals surface area contributed by atoms with Gasteiger partial charge in [-0.1, -0.05) is 62.8 Å². The number of carboxylic acids is 1. The van der Waals surface area contributed by atoms with Crippen LogP contribution in [0.1, 0.15) is 92.5 Å². The van der Waals surface area contributed by atoms with E-state index >= 15 is 0 Å². The topological polar surface area (TPSA) is 66.4 Å². The van der Waals surface area contributed by atoms with Crippen LogP contribution in [0.4, 0.5) is 0 Å². The summed E-state index contributed by atoms with van der Waals surface area (Å²) in [5.41, 5.74) is 1.94. The molecule has 1 unspecified atom stereocenters. The van der Waals surface area contributed by atoms with Crippen molar-refractivity contribution in [1.82, 2.24) is 5.32 Å². The van der Waals surface area contributed by atoms with Gasteiger partial charge in [0.2, 0.25) is 0 Å². The predicted octanol–water partition coefficient (Wildman–Crippen LogP) is 4.68. The van der Waals surface area contributed by atoms with Gasteiger partial charge in [-0.3, -0.25) is 9.59 Å². The van der Waals surface area contributed by atoms with E-state index in [2.05, 4.69) is 17.4 Å². The van der Waals surface area contributed by atoms with Crippen molar-refractivity contribution in [1.29, 1.82) is 0 Å². The second-order valence-electron chi connectivity index (χ2n) is 7.98. The number of hydrogen-bond donors (Lipinski definition) is 2. The number of nitrogens with one attached hydrogen (secondary N) is 1. The highest BCUT2D eigenvalue weighted by molar-refractivity contribution is 5.98. The molecular formula is C22H31NO3. The van der Waals surface area contributed by atoms with E-state index in [-0.39, 0.29) is 18.2 Å². The third-order valence-electron chi connectivity index (χ3n) is 6.04. The van der Waals surface area contributed by atoms with E-state index in [0.29, 0.717) is 11.5 Å². The van der Waals surface area contributed by atoms with E-state index in [1.54, 1.807) is 0 Å². The molecule has 1 atom stereocenters.